The number of anilines is 1. The van der Waals surface area contributed by atoms with Gasteiger partial charge in [0.1, 0.15) is 30.3 Å². The van der Waals surface area contributed by atoms with Gasteiger partial charge in [0.2, 0.25) is 0 Å². The summed E-state index contributed by atoms with van der Waals surface area (Å²) in [6.45, 7) is 0.433. The van der Waals surface area contributed by atoms with Crippen molar-refractivity contribution in [3.63, 3.8) is 0 Å². The van der Waals surface area contributed by atoms with Crippen molar-refractivity contribution in [2.24, 2.45) is 0 Å². The molecule has 1 heterocycles. The van der Waals surface area contributed by atoms with E-state index in [2.05, 4.69) is 5.32 Å². The Bertz CT molecular complexity index is 1710. The van der Waals surface area contributed by atoms with E-state index in [0.29, 0.717) is 43.8 Å². The Balaban J connectivity index is 1.35. The molecule has 0 spiro atoms. The molecule has 0 aromatic heterocycles. The number of ether oxygens (including phenoxy) is 2. The van der Waals surface area contributed by atoms with E-state index in [9.17, 15) is 14.4 Å². The molecule has 4 aromatic rings. The zero-order chi connectivity index (χ0) is 29.8. The minimum Gasteiger partial charge on any atom is -0.489 e. The number of urea groups is 1. The molecule has 4 amide bonds. The molecule has 0 unspecified atom stereocenters. The highest BCUT2D eigenvalue weighted by Crippen LogP contribution is 2.30. The number of nitrogens with one attached hydrogen (secondary N) is 1. The van der Waals surface area contributed by atoms with Crippen molar-refractivity contribution in [2.75, 3.05) is 4.90 Å². The van der Waals surface area contributed by atoms with Crippen LogP contribution in [-0.4, -0.2) is 17.8 Å². The smallest absolute Gasteiger partial charge is 0.335 e. The van der Waals surface area contributed by atoms with Crippen molar-refractivity contribution in [1.82, 2.24) is 5.32 Å². The molecule has 5 rings (SSSR count). The first kappa shape index (κ1) is 29.5. The maximum Gasteiger partial charge on any atom is 0.335 e. The third-order valence-corrected chi connectivity index (χ3v) is 7.39. The minimum absolute atomic E-state index is 0.131. The number of rotatable bonds is 8. The molecule has 7 nitrogen and oxygen atoms in total. The molecule has 212 valence electrons. The van der Waals surface area contributed by atoms with Gasteiger partial charge in [-0.2, -0.15) is 0 Å². The molecule has 1 aliphatic rings. The van der Waals surface area contributed by atoms with Crippen LogP contribution in [0.25, 0.3) is 6.08 Å². The molecule has 1 saturated heterocycles. The van der Waals surface area contributed by atoms with E-state index in [1.807, 2.05) is 12.1 Å². The first-order valence-electron chi connectivity index (χ1n) is 12.4. The second-order valence-corrected chi connectivity index (χ2v) is 10.8. The summed E-state index contributed by atoms with van der Waals surface area (Å²) in [6, 6.07) is 22.6. The summed E-state index contributed by atoms with van der Waals surface area (Å²) in [6.07, 6.45) is 1.33. The number of nitrogens with zero attached hydrogens (tertiary/aromatic N) is 1. The summed E-state index contributed by atoms with van der Waals surface area (Å²) in [7, 11) is 0. The summed E-state index contributed by atoms with van der Waals surface area (Å²) < 4.78 is 11.7. The lowest BCUT2D eigenvalue weighted by atomic mass is 10.1. The summed E-state index contributed by atoms with van der Waals surface area (Å²) in [5, 5.41) is 3.99. The van der Waals surface area contributed by atoms with E-state index in [1.165, 1.54) is 6.08 Å². The Morgan fingerprint density at radius 1 is 0.690 bits per heavy atom. The fourth-order valence-electron chi connectivity index (χ4n) is 4.04. The molecule has 0 aliphatic carbocycles. The van der Waals surface area contributed by atoms with Gasteiger partial charge in [-0.25, -0.2) is 9.69 Å². The van der Waals surface area contributed by atoms with Crippen molar-refractivity contribution in [2.45, 2.75) is 13.2 Å². The molecule has 0 bridgehead atoms. The number of halogens is 4. The molecule has 11 heteroatoms. The van der Waals surface area contributed by atoms with Crippen molar-refractivity contribution in [1.29, 1.82) is 0 Å². The number of carbonyl (C=O) groups is 3. The highest BCUT2D eigenvalue weighted by atomic mass is 35.5. The highest BCUT2D eigenvalue weighted by Gasteiger charge is 2.37. The molecule has 0 atom stereocenters. The van der Waals surface area contributed by atoms with Crippen molar-refractivity contribution in [3.8, 4) is 11.5 Å². The number of amides is 4. The van der Waals surface area contributed by atoms with E-state index in [-0.39, 0.29) is 17.9 Å². The summed E-state index contributed by atoms with van der Waals surface area (Å²) in [4.78, 5) is 39.8. The Morgan fingerprint density at radius 2 is 1.36 bits per heavy atom. The zero-order valence-corrected chi connectivity index (χ0v) is 24.6. The summed E-state index contributed by atoms with van der Waals surface area (Å²) in [5.41, 5.74) is 2.00. The van der Waals surface area contributed by atoms with E-state index < -0.39 is 17.8 Å². The average Bonchev–Trinajstić information content (AvgIpc) is 2.97. The zero-order valence-electron chi connectivity index (χ0n) is 21.6. The van der Waals surface area contributed by atoms with E-state index in [1.54, 1.807) is 72.8 Å². The largest absolute Gasteiger partial charge is 0.489 e. The Hall–Kier alpha value is -4.01. The summed E-state index contributed by atoms with van der Waals surface area (Å²) >= 11 is 24.2. The molecule has 42 heavy (non-hydrogen) atoms. The van der Waals surface area contributed by atoms with Crippen LogP contribution < -0.4 is 19.7 Å². The SMILES string of the molecule is O=C1NC(=O)N(c2ccc(OCc3ccc(Cl)cc3)cc2)C(=O)/C1=C/c1cc(Cl)ccc1OCc1ccc(Cl)c(Cl)c1. The Labute approximate surface area is 261 Å². The standard InChI is InChI=1S/C31H20Cl4N2O5/c32-21-4-1-18(2-5-21)16-41-24-9-7-23(8-10-24)37-30(39)25(29(38)36-31(37)40)15-20-14-22(33)6-12-28(20)42-17-19-3-11-26(34)27(35)13-19/h1-15H,16-17H2,(H,36,38,40)/b25-15+. The van der Waals surface area contributed by atoms with E-state index >= 15 is 0 Å². The maximum atomic E-state index is 13.5. The molecule has 0 radical (unpaired) electrons. The van der Waals surface area contributed by atoms with Gasteiger partial charge >= 0.3 is 6.03 Å². The maximum absolute atomic E-state index is 13.5. The van der Waals surface area contributed by atoms with Crippen LogP contribution in [0.15, 0.2) is 90.5 Å². The van der Waals surface area contributed by atoms with Crippen molar-refractivity contribution < 1.29 is 23.9 Å². The van der Waals surface area contributed by atoms with Crippen LogP contribution in [0.1, 0.15) is 16.7 Å². The van der Waals surface area contributed by atoms with Crippen LogP contribution >= 0.6 is 46.4 Å². The lowest BCUT2D eigenvalue weighted by Gasteiger charge is -2.26. The van der Waals surface area contributed by atoms with Crippen molar-refractivity contribution >= 4 is 76.0 Å². The Morgan fingerprint density at radius 3 is 2.07 bits per heavy atom. The first-order valence-corrected chi connectivity index (χ1v) is 13.9. The summed E-state index contributed by atoms with van der Waals surface area (Å²) in [5.74, 6) is -0.786. The third kappa shape index (κ3) is 6.89. The average molecular weight is 642 g/mol. The second kappa shape index (κ2) is 12.9. The van der Waals surface area contributed by atoms with Crippen LogP contribution in [0.4, 0.5) is 10.5 Å². The fraction of sp³-hybridized carbons (Fsp3) is 0.0645. The lowest BCUT2D eigenvalue weighted by molar-refractivity contribution is -0.122. The van der Waals surface area contributed by atoms with Crippen LogP contribution in [-0.2, 0) is 22.8 Å². The predicted molar refractivity (Wildman–Crippen MR) is 163 cm³/mol. The molecule has 4 aromatic carbocycles. The van der Waals surface area contributed by atoms with Crippen LogP contribution in [0, 0.1) is 0 Å². The third-order valence-electron chi connectivity index (χ3n) is 6.17. The molecular formula is C31H20Cl4N2O5. The monoisotopic (exact) mass is 640 g/mol. The molecular weight excluding hydrogens is 622 g/mol. The highest BCUT2D eigenvalue weighted by molar-refractivity contribution is 6.42. The lowest BCUT2D eigenvalue weighted by Crippen LogP contribution is -2.54. The molecule has 1 N–H and O–H groups in total. The Kier molecular flexibility index (Phi) is 9.04. The van der Waals surface area contributed by atoms with E-state index in [4.69, 9.17) is 55.9 Å². The van der Waals surface area contributed by atoms with Crippen LogP contribution in [0.5, 0.6) is 11.5 Å². The van der Waals surface area contributed by atoms with Gasteiger partial charge in [-0.1, -0.05) is 64.6 Å². The van der Waals surface area contributed by atoms with Crippen molar-refractivity contribution in [3.05, 3.63) is 127 Å². The van der Waals surface area contributed by atoms with Crippen LogP contribution in [0.3, 0.4) is 0 Å². The van der Waals surface area contributed by atoms with Gasteiger partial charge in [0.05, 0.1) is 15.7 Å². The predicted octanol–water partition coefficient (Wildman–Crippen LogP) is 8.12. The quantitative estimate of drug-likeness (QED) is 0.155. The van der Waals surface area contributed by atoms with Gasteiger partial charge in [-0.3, -0.25) is 14.9 Å². The van der Waals surface area contributed by atoms with Gasteiger partial charge < -0.3 is 9.47 Å². The topological polar surface area (TPSA) is 84.9 Å². The van der Waals surface area contributed by atoms with Gasteiger partial charge in [0, 0.05) is 15.6 Å². The van der Waals surface area contributed by atoms with Gasteiger partial charge in [-0.05, 0) is 83.9 Å². The number of carbonyl (C=O) groups excluding carboxylic acids is 3. The minimum atomic E-state index is -0.876. The molecule has 1 aliphatic heterocycles. The molecule has 0 saturated carbocycles. The first-order chi connectivity index (χ1) is 20.2. The fourth-order valence-corrected chi connectivity index (χ4v) is 4.67. The number of benzene rings is 4. The van der Waals surface area contributed by atoms with E-state index in [0.717, 1.165) is 16.0 Å². The second-order valence-electron chi connectivity index (χ2n) is 9.09. The molecule has 1 fully saturated rings. The normalized spacial score (nSPS) is 14.2. The number of hydrogen-bond donors (Lipinski definition) is 1. The number of hydrogen-bond acceptors (Lipinski definition) is 5. The van der Waals surface area contributed by atoms with Gasteiger partial charge in [0.25, 0.3) is 11.8 Å². The number of barbiturate groups is 1. The van der Waals surface area contributed by atoms with Gasteiger partial charge in [-0.15, -0.1) is 0 Å². The van der Waals surface area contributed by atoms with Crippen LogP contribution in [0.2, 0.25) is 20.1 Å². The van der Waals surface area contributed by atoms with Gasteiger partial charge in [0.15, 0.2) is 0 Å². The number of imide groups is 2.